The Balaban J connectivity index is -0.000000187. The summed E-state index contributed by atoms with van der Waals surface area (Å²) in [6, 6.07) is 0. The van der Waals surface area contributed by atoms with Crippen molar-refractivity contribution in [2.75, 3.05) is 0 Å². The maximum atomic E-state index is 9.60. The maximum Gasteiger partial charge on any atom is 0.303 e. The number of aliphatic hydroxyl groups excluding tert-OH is 1. The molecule has 0 saturated heterocycles. The van der Waals surface area contributed by atoms with Crippen LogP contribution in [0, 0.1) is 0 Å². The first-order valence-corrected chi connectivity index (χ1v) is 5.74. The van der Waals surface area contributed by atoms with E-state index in [1.807, 2.05) is 13.8 Å². The summed E-state index contributed by atoms with van der Waals surface area (Å²) < 4.78 is 0. The monoisotopic (exact) mass is 264 g/mol. The number of aliphatic hydroxyl groups is 2. The molecule has 0 aromatic rings. The summed E-state index contributed by atoms with van der Waals surface area (Å²) >= 11 is 0. The molecule has 0 amide bonds. The SMILES string of the molecule is CC=CC(O)O.CCCC(=O)O.CCCC(=O)O. The van der Waals surface area contributed by atoms with Crippen molar-refractivity contribution in [3.63, 3.8) is 0 Å². The molecule has 0 aromatic heterocycles. The Morgan fingerprint density at radius 2 is 1.33 bits per heavy atom. The lowest BCUT2D eigenvalue weighted by molar-refractivity contribution is -0.138. The lowest BCUT2D eigenvalue weighted by Gasteiger charge is -1.86. The topological polar surface area (TPSA) is 115 Å². The first-order valence-electron chi connectivity index (χ1n) is 5.74. The standard InChI is InChI=1S/3C4H8O2/c3*1-2-3-4(5)6/h2*2-3H2,1H3,(H,5,6);2-6H,1H3. The molecule has 0 fully saturated rings. The van der Waals surface area contributed by atoms with E-state index < -0.39 is 18.2 Å². The number of carboxylic acids is 2. The fraction of sp³-hybridized carbons (Fsp3) is 0.667. The highest BCUT2D eigenvalue weighted by atomic mass is 16.5. The van der Waals surface area contributed by atoms with Crippen LogP contribution >= 0.6 is 0 Å². The predicted octanol–water partition coefficient (Wildman–Crippen LogP) is 1.62. The number of carbonyl (C=O) groups is 2. The van der Waals surface area contributed by atoms with Crippen LogP contribution < -0.4 is 0 Å². The third-order valence-electron chi connectivity index (χ3n) is 1.29. The molecule has 0 aliphatic carbocycles. The van der Waals surface area contributed by atoms with Gasteiger partial charge in [0, 0.05) is 12.8 Å². The van der Waals surface area contributed by atoms with Gasteiger partial charge in [-0.05, 0) is 25.8 Å². The van der Waals surface area contributed by atoms with Crippen LogP contribution in [0.5, 0.6) is 0 Å². The van der Waals surface area contributed by atoms with Gasteiger partial charge in [0.2, 0.25) is 0 Å². The first-order chi connectivity index (χ1) is 8.31. The Labute approximate surface area is 108 Å². The molecule has 0 aliphatic heterocycles. The molecule has 18 heavy (non-hydrogen) atoms. The van der Waals surface area contributed by atoms with E-state index in [0.717, 1.165) is 12.8 Å². The summed E-state index contributed by atoms with van der Waals surface area (Å²) in [6.07, 6.45) is 3.62. The van der Waals surface area contributed by atoms with Crippen molar-refractivity contribution in [3.8, 4) is 0 Å². The average molecular weight is 264 g/mol. The Morgan fingerprint density at radius 3 is 1.33 bits per heavy atom. The highest BCUT2D eigenvalue weighted by Crippen LogP contribution is 1.82. The minimum atomic E-state index is -1.28. The van der Waals surface area contributed by atoms with Crippen molar-refractivity contribution in [2.45, 2.75) is 52.7 Å². The van der Waals surface area contributed by atoms with Gasteiger partial charge >= 0.3 is 11.9 Å². The molecule has 108 valence electrons. The minimum absolute atomic E-state index is 0.292. The third kappa shape index (κ3) is 46.8. The summed E-state index contributed by atoms with van der Waals surface area (Å²) in [6.45, 7) is 5.40. The molecule has 6 nitrogen and oxygen atoms in total. The normalized spacial score (nSPS) is 9.22. The number of hydrogen-bond acceptors (Lipinski definition) is 4. The van der Waals surface area contributed by atoms with Crippen LogP contribution in [-0.2, 0) is 9.59 Å². The number of rotatable bonds is 5. The molecular weight excluding hydrogens is 240 g/mol. The van der Waals surface area contributed by atoms with E-state index in [9.17, 15) is 9.59 Å². The van der Waals surface area contributed by atoms with E-state index in [2.05, 4.69) is 0 Å². The Bertz CT molecular complexity index is 207. The fourth-order valence-corrected chi connectivity index (χ4v) is 0.600. The number of allylic oxidation sites excluding steroid dienone is 1. The van der Waals surface area contributed by atoms with E-state index in [0.29, 0.717) is 12.8 Å². The lowest BCUT2D eigenvalue weighted by Crippen LogP contribution is -1.96. The fourth-order valence-electron chi connectivity index (χ4n) is 0.600. The molecule has 0 spiro atoms. The van der Waals surface area contributed by atoms with E-state index >= 15 is 0 Å². The average Bonchev–Trinajstić information content (AvgIpc) is 2.18. The summed E-state index contributed by atoms with van der Waals surface area (Å²) in [5, 5.41) is 31.9. The van der Waals surface area contributed by atoms with Gasteiger partial charge in [-0.3, -0.25) is 9.59 Å². The van der Waals surface area contributed by atoms with Gasteiger partial charge in [-0.1, -0.05) is 19.9 Å². The Hall–Kier alpha value is -1.40. The second-order valence-corrected chi connectivity index (χ2v) is 3.23. The molecule has 0 aromatic carbocycles. The van der Waals surface area contributed by atoms with Gasteiger partial charge in [0.15, 0.2) is 6.29 Å². The van der Waals surface area contributed by atoms with E-state index in [4.69, 9.17) is 20.4 Å². The van der Waals surface area contributed by atoms with Crippen molar-refractivity contribution in [2.24, 2.45) is 0 Å². The van der Waals surface area contributed by atoms with E-state index in [-0.39, 0.29) is 0 Å². The predicted molar refractivity (Wildman–Crippen MR) is 68.1 cm³/mol. The van der Waals surface area contributed by atoms with E-state index in [1.165, 1.54) is 6.08 Å². The molecule has 0 unspecified atom stereocenters. The molecule has 0 heterocycles. The largest absolute Gasteiger partial charge is 0.481 e. The molecule has 0 saturated carbocycles. The summed E-state index contributed by atoms with van der Waals surface area (Å²) in [5.41, 5.74) is 0. The molecule has 0 atom stereocenters. The molecule has 6 heteroatoms. The molecule has 0 radical (unpaired) electrons. The van der Waals surface area contributed by atoms with Crippen LogP contribution in [0.3, 0.4) is 0 Å². The van der Waals surface area contributed by atoms with Crippen molar-refractivity contribution in [1.82, 2.24) is 0 Å². The van der Waals surface area contributed by atoms with Crippen LogP contribution in [0.25, 0.3) is 0 Å². The zero-order valence-corrected chi connectivity index (χ0v) is 11.2. The summed E-state index contributed by atoms with van der Waals surface area (Å²) in [4.78, 5) is 19.2. The zero-order chi connectivity index (χ0) is 15.0. The molecule has 0 aliphatic rings. The summed E-state index contributed by atoms with van der Waals surface area (Å²) in [7, 11) is 0. The van der Waals surface area contributed by atoms with Gasteiger partial charge in [-0.2, -0.15) is 0 Å². The number of aliphatic carboxylic acids is 2. The van der Waals surface area contributed by atoms with Crippen molar-refractivity contribution >= 4 is 11.9 Å². The van der Waals surface area contributed by atoms with Crippen LogP contribution in [0.1, 0.15) is 46.5 Å². The van der Waals surface area contributed by atoms with Gasteiger partial charge in [-0.15, -0.1) is 0 Å². The third-order valence-corrected chi connectivity index (χ3v) is 1.29. The van der Waals surface area contributed by atoms with Gasteiger partial charge in [0.1, 0.15) is 0 Å². The van der Waals surface area contributed by atoms with Crippen LogP contribution in [0.4, 0.5) is 0 Å². The van der Waals surface area contributed by atoms with Gasteiger partial charge < -0.3 is 20.4 Å². The second kappa shape index (κ2) is 18.0. The van der Waals surface area contributed by atoms with Crippen molar-refractivity contribution in [1.29, 1.82) is 0 Å². The van der Waals surface area contributed by atoms with Gasteiger partial charge in [-0.25, -0.2) is 0 Å². The second-order valence-electron chi connectivity index (χ2n) is 3.23. The van der Waals surface area contributed by atoms with Crippen LogP contribution in [0.15, 0.2) is 12.2 Å². The minimum Gasteiger partial charge on any atom is -0.481 e. The van der Waals surface area contributed by atoms with E-state index in [1.54, 1.807) is 13.0 Å². The highest BCUT2D eigenvalue weighted by Gasteiger charge is 1.88. The maximum absolute atomic E-state index is 9.60. The Morgan fingerprint density at radius 1 is 1.00 bits per heavy atom. The first kappa shape index (κ1) is 21.8. The lowest BCUT2D eigenvalue weighted by atomic mass is 10.4. The van der Waals surface area contributed by atoms with Crippen LogP contribution in [0.2, 0.25) is 0 Å². The van der Waals surface area contributed by atoms with Gasteiger partial charge in [0.25, 0.3) is 0 Å². The van der Waals surface area contributed by atoms with Gasteiger partial charge in [0.05, 0.1) is 0 Å². The Kier molecular flexibility index (Phi) is 21.8. The van der Waals surface area contributed by atoms with Crippen molar-refractivity contribution < 1.29 is 30.0 Å². The molecule has 0 rings (SSSR count). The molecular formula is C12H24O6. The smallest absolute Gasteiger partial charge is 0.303 e. The number of carboxylic acid groups (broad SMARTS) is 2. The number of hydrogen-bond donors (Lipinski definition) is 4. The quantitative estimate of drug-likeness (QED) is 0.443. The highest BCUT2D eigenvalue weighted by molar-refractivity contribution is 5.66. The molecule has 4 N–H and O–H groups in total. The zero-order valence-electron chi connectivity index (χ0n) is 11.2. The van der Waals surface area contributed by atoms with Crippen LogP contribution in [-0.4, -0.2) is 38.7 Å². The summed E-state index contributed by atoms with van der Waals surface area (Å²) in [5.74, 6) is -1.42. The molecule has 0 bridgehead atoms. The van der Waals surface area contributed by atoms with Crippen molar-refractivity contribution in [3.05, 3.63) is 12.2 Å².